The van der Waals surface area contributed by atoms with Crippen molar-refractivity contribution >= 4 is 35.0 Å². The second-order valence-corrected chi connectivity index (χ2v) is 8.16. The van der Waals surface area contributed by atoms with Crippen LogP contribution in [0.1, 0.15) is 41.9 Å². The fraction of sp³-hybridized carbons (Fsp3) is 0.333. The van der Waals surface area contributed by atoms with Crippen molar-refractivity contribution in [2.75, 3.05) is 36.9 Å². The molecule has 0 radical (unpaired) electrons. The van der Waals surface area contributed by atoms with Crippen LogP contribution >= 0.6 is 11.6 Å². The van der Waals surface area contributed by atoms with Crippen LogP contribution in [0.4, 0.5) is 11.4 Å². The van der Waals surface area contributed by atoms with Crippen LogP contribution in [0.5, 0.6) is 0 Å². The average Bonchev–Trinajstić information content (AvgIpc) is 2.74. The molecule has 0 saturated heterocycles. The molecule has 1 amide bonds. The molecule has 3 N–H and O–H groups in total. The number of aromatic nitrogens is 1. The number of amides is 1. The van der Waals surface area contributed by atoms with Crippen molar-refractivity contribution in [1.29, 1.82) is 0 Å². The highest BCUT2D eigenvalue weighted by Crippen LogP contribution is 2.29. The van der Waals surface area contributed by atoms with E-state index in [4.69, 9.17) is 17.3 Å². The number of fused-ring (bicyclic) bond motifs is 1. The Morgan fingerprint density at radius 3 is 2.68 bits per heavy atom. The van der Waals surface area contributed by atoms with Gasteiger partial charge in [-0.25, -0.2) is 0 Å². The third-order valence-corrected chi connectivity index (χ3v) is 5.80. The Morgan fingerprint density at radius 1 is 1.26 bits per heavy atom. The highest BCUT2D eigenvalue weighted by molar-refractivity contribution is 6.33. The zero-order valence-corrected chi connectivity index (χ0v) is 19.2. The third-order valence-electron chi connectivity index (χ3n) is 5.50. The topological polar surface area (TPSA) is 74.5 Å². The fourth-order valence-electron chi connectivity index (χ4n) is 3.68. The molecular formula is C24H30ClN5O. The smallest absolute Gasteiger partial charge is 0.248 e. The lowest BCUT2D eigenvalue weighted by molar-refractivity contribution is 0.100. The molecule has 0 atom stereocenters. The monoisotopic (exact) mass is 439 g/mol. The third kappa shape index (κ3) is 5.46. The average molecular weight is 440 g/mol. The van der Waals surface area contributed by atoms with Crippen molar-refractivity contribution in [3.05, 3.63) is 70.2 Å². The first-order chi connectivity index (χ1) is 14.8. The zero-order valence-electron chi connectivity index (χ0n) is 18.4. The van der Waals surface area contributed by atoms with Crippen molar-refractivity contribution in [2.45, 2.75) is 26.8 Å². The highest BCUT2D eigenvalue weighted by atomic mass is 35.5. The van der Waals surface area contributed by atoms with E-state index < -0.39 is 5.91 Å². The lowest BCUT2D eigenvalue weighted by Crippen LogP contribution is -2.33. The molecule has 0 saturated carbocycles. The van der Waals surface area contributed by atoms with E-state index in [9.17, 15) is 4.79 Å². The molecule has 164 valence electrons. The van der Waals surface area contributed by atoms with Crippen LogP contribution in [-0.2, 0) is 6.54 Å². The lowest BCUT2D eigenvalue weighted by Gasteiger charge is -2.27. The number of nitrogens with zero attached hydrogens (tertiary/aromatic N) is 3. The quantitative estimate of drug-likeness (QED) is 0.600. The van der Waals surface area contributed by atoms with Gasteiger partial charge < -0.3 is 20.9 Å². The van der Waals surface area contributed by atoms with E-state index in [1.807, 2.05) is 12.3 Å². The maximum atomic E-state index is 11.4. The summed E-state index contributed by atoms with van der Waals surface area (Å²) in [6.07, 6.45) is 4.97. The molecule has 31 heavy (non-hydrogen) atoms. The molecule has 0 spiro atoms. The van der Waals surface area contributed by atoms with Gasteiger partial charge in [0, 0.05) is 43.6 Å². The first kappa shape index (κ1) is 22.8. The van der Waals surface area contributed by atoms with Crippen LogP contribution in [0.2, 0.25) is 5.02 Å². The summed E-state index contributed by atoms with van der Waals surface area (Å²) in [4.78, 5) is 20.4. The molecule has 0 fully saturated rings. The van der Waals surface area contributed by atoms with Gasteiger partial charge in [-0.15, -0.1) is 0 Å². The van der Waals surface area contributed by atoms with Crippen molar-refractivity contribution in [2.24, 2.45) is 5.73 Å². The number of allylic oxidation sites excluding steroid dienone is 1. The second-order valence-electron chi connectivity index (χ2n) is 7.75. The van der Waals surface area contributed by atoms with Gasteiger partial charge in [0.05, 0.1) is 22.1 Å². The largest absolute Gasteiger partial charge is 0.369 e. The Hall–Kier alpha value is -2.83. The first-order valence-electron chi connectivity index (χ1n) is 10.5. The van der Waals surface area contributed by atoms with Crippen LogP contribution in [-0.4, -0.2) is 42.5 Å². The number of likely N-dealkylation sites (N-methyl/N-ethyl adjacent to an activating group) is 2. The van der Waals surface area contributed by atoms with Gasteiger partial charge in [-0.2, -0.15) is 0 Å². The maximum absolute atomic E-state index is 11.4. The second kappa shape index (κ2) is 9.98. The standard InChI is InChI=1S/C24H30ClN5O/c1-5-18-13-21-22(28-16(18)3)11-17(14-27-21)15-29(4)9-10-30(6-2)23-8-7-19(24(26)31)12-20(23)25/h7-8,11-14,28H,3,5-6,9-10,15H2,1-2,4H3,(H2,26,31). The van der Waals surface area contributed by atoms with E-state index in [0.717, 1.165) is 60.9 Å². The van der Waals surface area contributed by atoms with Gasteiger partial charge in [0.1, 0.15) is 0 Å². The van der Waals surface area contributed by atoms with Crippen molar-refractivity contribution < 1.29 is 4.79 Å². The molecule has 6 nitrogen and oxygen atoms in total. The summed E-state index contributed by atoms with van der Waals surface area (Å²) < 4.78 is 0. The van der Waals surface area contributed by atoms with E-state index in [-0.39, 0.29) is 0 Å². The molecule has 3 rings (SSSR count). The Bertz CT molecular complexity index is 1020. The fourth-order valence-corrected chi connectivity index (χ4v) is 3.98. The Kier molecular flexibility index (Phi) is 7.36. The summed E-state index contributed by atoms with van der Waals surface area (Å²) in [6.45, 7) is 11.5. The minimum Gasteiger partial charge on any atom is -0.369 e. The van der Waals surface area contributed by atoms with Crippen molar-refractivity contribution in [3.8, 4) is 0 Å². The van der Waals surface area contributed by atoms with Crippen LogP contribution in [0.15, 0.2) is 48.3 Å². The van der Waals surface area contributed by atoms with Gasteiger partial charge in [0.2, 0.25) is 5.91 Å². The molecule has 0 bridgehead atoms. The summed E-state index contributed by atoms with van der Waals surface area (Å²) >= 11 is 6.40. The number of hydrogen-bond donors (Lipinski definition) is 2. The van der Waals surface area contributed by atoms with E-state index in [0.29, 0.717) is 10.6 Å². The first-order valence-corrected chi connectivity index (χ1v) is 10.9. The number of rotatable bonds is 9. The van der Waals surface area contributed by atoms with Gasteiger partial charge in [0.15, 0.2) is 0 Å². The molecule has 2 aromatic rings. The summed E-state index contributed by atoms with van der Waals surface area (Å²) in [6, 6.07) is 7.34. The van der Waals surface area contributed by atoms with Gasteiger partial charge in [-0.1, -0.05) is 25.1 Å². The number of pyridine rings is 1. The Balaban J connectivity index is 1.63. The Labute approximate surface area is 189 Å². The van der Waals surface area contributed by atoms with Gasteiger partial charge in [-0.3, -0.25) is 9.78 Å². The number of halogens is 1. The zero-order chi connectivity index (χ0) is 22.5. The maximum Gasteiger partial charge on any atom is 0.248 e. The molecule has 2 heterocycles. The molecule has 1 aromatic heterocycles. The van der Waals surface area contributed by atoms with Gasteiger partial charge in [0.25, 0.3) is 0 Å². The van der Waals surface area contributed by atoms with Crippen molar-refractivity contribution in [1.82, 2.24) is 9.88 Å². The summed E-state index contributed by atoms with van der Waals surface area (Å²) in [5, 5.41) is 3.91. The van der Waals surface area contributed by atoms with E-state index >= 15 is 0 Å². The van der Waals surface area contributed by atoms with Crippen molar-refractivity contribution in [3.63, 3.8) is 0 Å². The van der Waals surface area contributed by atoms with E-state index in [2.05, 4.69) is 59.7 Å². The number of carbonyl (C=O) groups excluding carboxylic acids is 1. The lowest BCUT2D eigenvalue weighted by atomic mass is 10.0. The molecule has 0 unspecified atom stereocenters. The highest BCUT2D eigenvalue weighted by Gasteiger charge is 2.15. The number of nitrogens with two attached hydrogens (primary N) is 1. The summed E-state index contributed by atoms with van der Waals surface area (Å²) in [5.74, 6) is -0.477. The molecule has 1 aliphatic heterocycles. The van der Waals surface area contributed by atoms with Crippen LogP contribution < -0.4 is 16.0 Å². The Morgan fingerprint density at radius 2 is 2.03 bits per heavy atom. The normalized spacial score (nSPS) is 12.9. The van der Waals surface area contributed by atoms with Crippen LogP contribution in [0.3, 0.4) is 0 Å². The van der Waals surface area contributed by atoms with Crippen LogP contribution in [0.25, 0.3) is 6.08 Å². The molecule has 1 aromatic carbocycles. The predicted octanol–water partition coefficient (Wildman–Crippen LogP) is 4.52. The van der Waals surface area contributed by atoms with Gasteiger partial charge >= 0.3 is 0 Å². The number of hydrogen-bond acceptors (Lipinski definition) is 5. The number of primary amides is 1. The molecular weight excluding hydrogens is 410 g/mol. The van der Waals surface area contributed by atoms with E-state index in [1.54, 1.807) is 12.1 Å². The van der Waals surface area contributed by atoms with Crippen LogP contribution in [0, 0.1) is 0 Å². The number of nitrogens with one attached hydrogen (secondary N) is 1. The number of anilines is 2. The minimum absolute atomic E-state index is 0.416. The minimum atomic E-state index is -0.477. The molecule has 7 heteroatoms. The summed E-state index contributed by atoms with van der Waals surface area (Å²) in [7, 11) is 2.09. The van der Waals surface area contributed by atoms with Gasteiger partial charge in [-0.05, 0) is 61.9 Å². The molecule has 1 aliphatic rings. The molecule has 0 aliphatic carbocycles. The predicted molar refractivity (Wildman–Crippen MR) is 129 cm³/mol. The number of carbonyl (C=O) groups is 1. The van der Waals surface area contributed by atoms with E-state index in [1.165, 1.54) is 5.57 Å². The SMILES string of the molecule is C=C1Nc2cc(CN(C)CCN(CC)c3ccc(C(N)=O)cc3Cl)cnc2C=C1CC. The number of benzene rings is 1. The summed E-state index contributed by atoms with van der Waals surface area (Å²) in [5.41, 5.74) is 11.9.